The Morgan fingerprint density at radius 3 is 2.53 bits per heavy atom. The van der Waals surface area contributed by atoms with Crippen LogP contribution in [0.1, 0.15) is 20.3 Å². The monoisotopic (exact) mass is 218 g/mol. The molecule has 0 aromatic rings. The van der Waals surface area contributed by atoms with Gasteiger partial charge in [-0.2, -0.15) is 13.2 Å². The van der Waals surface area contributed by atoms with Crippen LogP contribution in [0.25, 0.3) is 0 Å². The second kappa shape index (κ2) is 4.08. The molecule has 0 amide bonds. The van der Waals surface area contributed by atoms with Crippen LogP contribution in [0.4, 0.5) is 13.2 Å². The van der Waals surface area contributed by atoms with Gasteiger partial charge in [-0.25, -0.2) is 4.99 Å². The van der Waals surface area contributed by atoms with E-state index in [0.29, 0.717) is 6.42 Å². The highest BCUT2D eigenvalue weighted by molar-refractivity contribution is 5.85. The molecule has 0 fully saturated rings. The van der Waals surface area contributed by atoms with E-state index in [1.165, 1.54) is 13.0 Å². The number of allylic oxidation sites excluding steroid dienone is 2. The van der Waals surface area contributed by atoms with Gasteiger partial charge in [0.1, 0.15) is 5.84 Å². The molecular formula is C10H13F3N2. The highest BCUT2D eigenvalue weighted by Crippen LogP contribution is 2.33. The van der Waals surface area contributed by atoms with Crippen molar-refractivity contribution in [2.75, 3.05) is 0 Å². The Bertz CT molecular complexity index is 337. The molecule has 15 heavy (non-hydrogen) atoms. The fourth-order valence-electron chi connectivity index (χ4n) is 1.44. The zero-order chi connectivity index (χ0) is 11.6. The third-order valence-electron chi connectivity index (χ3n) is 2.34. The summed E-state index contributed by atoms with van der Waals surface area (Å²) < 4.78 is 37.5. The summed E-state index contributed by atoms with van der Waals surface area (Å²) in [5.41, 5.74) is 5.01. The van der Waals surface area contributed by atoms with E-state index < -0.39 is 11.7 Å². The van der Waals surface area contributed by atoms with Crippen molar-refractivity contribution < 1.29 is 13.2 Å². The quantitative estimate of drug-likeness (QED) is 0.722. The molecule has 0 saturated heterocycles. The molecule has 0 bridgehead atoms. The van der Waals surface area contributed by atoms with Crippen molar-refractivity contribution in [3.8, 4) is 0 Å². The lowest BCUT2D eigenvalue weighted by Crippen LogP contribution is -2.20. The van der Waals surface area contributed by atoms with Crippen molar-refractivity contribution in [3.63, 3.8) is 0 Å². The minimum atomic E-state index is -4.37. The number of hydrogen-bond donors (Lipinski definition) is 1. The Hall–Kier alpha value is -1.26. The van der Waals surface area contributed by atoms with Crippen molar-refractivity contribution in [2.24, 2.45) is 16.6 Å². The number of nitrogens with zero attached hydrogens (tertiary/aromatic N) is 1. The molecule has 0 saturated carbocycles. The summed E-state index contributed by atoms with van der Waals surface area (Å²) >= 11 is 0. The number of alkyl halides is 3. The van der Waals surface area contributed by atoms with Gasteiger partial charge in [0.15, 0.2) is 0 Å². The van der Waals surface area contributed by atoms with E-state index in [1.54, 1.807) is 0 Å². The van der Waals surface area contributed by atoms with E-state index in [4.69, 9.17) is 5.73 Å². The molecule has 0 radical (unpaired) electrons. The molecular weight excluding hydrogens is 205 g/mol. The van der Waals surface area contributed by atoms with E-state index in [1.807, 2.05) is 6.92 Å². The summed E-state index contributed by atoms with van der Waals surface area (Å²) in [7, 11) is 0. The Balaban J connectivity index is 3.13. The summed E-state index contributed by atoms with van der Waals surface area (Å²) in [6, 6.07) is 0. The third-order valence-corrected chi connectivity index (χ3v) is 2.34. The van der Waals surface area contributed by atoms with E-state index in [9.17, 15) is 13.2 Å². The lowest BCUT2D eigenvalue weighted by Gasteiger charge is -2.11. The predicted molar refractivity (Wildman–Crippen MR) is 53.3 cm³/mol. The van der Waals surface area contributed by atoms with Gasteiger partial charge in [0.25, 0.3) is 0 Å². The summed E-state index contributed by atoms with van der Waals surface area (Å²) in [5.74, 6) is 0.0252. The van der Waals surface area contributed by atoms with Crippen LogP contribution in [0, 0.1) is 5.92 Å². The maximum Gasteiger partial charge on any atom is 0.418 e. The minimum absolute atomic E-state index is 0.179. The first-order valence-corrected chi connectivity index (χ1v) is 4.65. The first-order valence-electron chi connectivity index (χ1n) is 4.65. The molecule has 2 N–H and O–H groups in total. The normalized spacial score (nSPS) is 22.7. The maximum atomic E-state index is 12.5. The van der Waals surface area contributed by atoms with Crippen LogP contribution in [0.3, 0.4) is 0 Å². The van der Waals surface area contributed by atoms with Gasteiger partial charge in [0, 0.05) is 12.1 Å². The van der Waals surface area contributed by atoms with Gasteiger partial charge < -0.3 is 5.73 Å². The smallest absolute Gasteiger partial charge is 0.387 e. The Labute approximate surface area is 86.4 Å². The van der Waals surface area contributed by atoms with Gasteiger partial charge in [-0.3, -0.25) is 0 Å². The highest BCUT2D eigenvalue weighted by atomic mass is 19.4. The molecule has 5 heteroatoms. The number of rotatable bonds is 1. The average Bonchev–Trinajstić information content (AvgIpc) is 2.24. The Morgan fingerprint density at radius 2 is 2.07 bits per heavy atom. The summed E-state index contributed by atoms with van der Waals surface area (Å²) in [4.78, 5) is 3.63. The second-order valence-electron chi connectivity index (χ2n) is 3.46. The molecule has 1 rings (SSSR count). The van der Waals surface area contributed by atoms with Crippen LogP contribution in [0.15, 0.2) is 28.4 Å². The van der Waals surface area contributed by atoms with Gasteiger partial charge in [-0.05, 0) is 18.9 Å². The predicted octanol–water partition coefficient (Wildman–Crippen LogP) is 2.78. The lowest BCUT2D eigenvalue weighted by molar-refractivity contribution is -0.0894. The van der Waals surface area contributed by atoms with Crippen LogP contribution in [0.2, 0.25) is 0 Å². The number of nitrogens with two attached hydrogens (primary N) is 1. The van der Waals surface area contributed by atoms with Gasteiger partial charge in [-0.1, -0.05) is 13.0 Å². The summed E-state index contributed by atoms with van der Waals surface area (Å²) in [6.45, 7) is 3.28. The lowest BCUT2D eigenvalue weighted by atomic mass is 9.99. The fraction of sp³-hybridized carbons (Fsp3) is 0.500. The van der Waals surface area contributed by atoms with Crippen LogP contribution < -0.4 is 5.73 Å². The zero-order valence-electron chi connectivity index (χ0n) is 8.60. The maximum absolute atomic E-state index is 12.5. The molecule has 1 aliphatic rings. The van der Waals surface area contributed by atoms with Crippen LogP contribution in [-0.2, 0) is 0 Å². The number of amidine groups is 1. The van der Waals surface area contributed by atoms with E-state index in [-0.39, 0.29) is 17.3 Å². The van der Waals surface area contributed by atoms with E-state index in [2.05, 4.69) is 4.99 Å². The van der Waals surface area contributed by atoms with Crippen LogP contribution in [0.5, 0.6) is 0 Å². The molecule has 0 spiro atoms. The first-order chi connectivity index (χ1) is 6.86. The Kier molecular flexibility index (Phi) is 3.21. The Morgan fingerprint density at radius 1 is 1.47 bits per heavy atom. The molecule has 1 unspecified atom stereocenters. The second-order valence-corrected chi connectivity index (χ2v) is 3.46. The standard InChI is InChI=1S/C10H13F3N2/c1-3-7-4-6(2)8(10(11,12)13)5-15-9(7)14/h4-5,7H,3H2,1-2H3,(H2,14,15). The topological polar surface area (TPSA) is 38.4 Å². The van der Waals surface area contributed by atoms with Gasteiger partial charge in [0.05, 0.1) is 5.57 Å². The molecule has 0 aromatic carbocycles. The molecule has 2 nitrogen and oxygen atoms in total. The molecule has 1 heterocycles. The molecule has 0 aliphatic carbocycles. The number of aliphatic imine (C=N–C) groups is 1. The van der Waals surface area contributed by atoms with Gasteiger partial charge in [-0.15, -0.1) is 0 Å². The highest BCUT2D eigenvalue weighted by Gasteiger charge is 2.35. The van der Waals surface area contributed by atoms with E-state index in [0.717, 1.165) is 6.20 Å². The fourth-order valence-corrected chi connectivity index (χ4v) is 1.44. The van der Waals surface area contributed by atoms with Crippen molar-refractivity contribution >= 4 is 5.84 Å². The van der Waals surface area contributed by atoms with Gasteiger partial charge in [0.2, 0.25) is 0 Å². The number of halogens is 3. The summed E-state index contributed by atoms with van der Waals surface area (Å²) in [6.07, 6.45) is -1.40. The van der Waals surface area contributed by atoms with E-state index >= 15 is 0 Å². The minimum Gasteiger partial charge on any atom is -0.387 e. The van der Waals surface area contributed by atoms with Crippen molar-refractivity contribution in [1.29, 1.82) is 0 Å². The molecule has 0 aromatic heterocycles. The van der Waals surface area contributed by atoms with Crippen molar-refractivity contribution in [1.82, 2.24) is 0 Å². The third kappa shape index (κ3) is 2.61. The SMILES string of the molecule is CCC1C=C(C)C(C(F)(F)F)=CN=C1N. The first kappa shape index (κ1) is 11.8. The van der Waals surface area contributed by atoms with Crippen LogP contribution >= 0.6 is 0 Å². The molecule has 84 valence electrons. The zero-order valence-corrected chi connectivity index (χ0v) is 8.60. The number of hydrogen-bond acceptors (Lipinski definition) is 2. The van der Waals surface area contributed by atoms with Crippen molar-refractivity contribution in [2.45, 2.75) is 26.4 Å². The van der Waals surface area contributed by atoms with Crippen molar-refractivity contribution in [3.05, 3.63) is 23.4 Å². The summed E-state index contributed by atoms with van der Waals surface area (Å²) in [5, 5.41) is 0. The largest absolute Gasteiger partial charge is 0.418 e. The van der Waals surface area contributed by atoms with Crippen LogP contribution in [-0.4, -0.2) is 12.0 Å². The molecule has 1 aliphatic heterocycles. The average molecular weight is 218 g/mol. The molecule has 1 atom stereocenters. The van der Waals surface area contributed by atoms with Gasteiger partial charge >= 0.3 is 6.18 Å².